The van der Waals surface area contributed by atoms with E-state index in [1.165, 1.54) is 0 Å². The minimum atomic E-state index is 0.578. The molecule has 0 aromatic carbocycles. The second-order valence-corrected chi connectivity index (χ2v) is 2.56. The van der Waals surface area contributed by atoms with Crippen molar-refractivity contribution >= 4 is 5.69 Å². The third-order valence-corrected chi connectivity index (χ3v) is 1.70. The Labute approximate surface area is 75.5 Å². The van der Waals surface area contributed by atoms with E-state index in [4.69, 9.17) is 10.6 Å². The number of rotatable bonds is 2. The maximum Gasteiger partial charge on any atom is 0.181 e. The zero-order chi connectivity index (χ0) is 9.26. The normalized spacial score (nSPS) is 10.5. The summed E-state index contributed by atoms with van der Waals surface area (Å²) < 4.78 is 1.59. The highest BCUT2D eigenvalue weighted by Gasteiger charge is 2.14. The summed E-state index contributed by atoms with van der Waals surface area (Å²) in [5, 5.41) is 0. The lowest BCUT2D eigenvalue weighted by atomic mass is 10.4. The topological polar surface area (TPSA) is 66.0 Å². The zero-order valence-corrected chi connectivity index (χ0v) is 7.27. The van der Waals surface area contributed by atoms with Gasteiger partial charge in [0.25, 0.3) is 0 Å². The van der Waals surface area contributed by atoms with Crippen molar-refractivity contribution < 1.29 is 4.84 Å². The number of anilines is 1. The van der Waals surface area contributed by atoms with E-state index in [9.17, 15) is 0 Å². The largest absolute Gasteiger partial charge is 0.414 e. The van der Waals surface area contributed by atoms with Crippen LogP contribution in [0.5, 0.6) is 0 Å². The molecule has 2 aliphatic rings. The average molecular weight is 178 g/mol. The van der Waals surface area contributed by atoms with Gasteiger partial charge in [-0.05, 0) is 6.92 Å². The molecule has 13 heavy (non-hydrogen) atoms. The van der Waals surface area contributed by atoms with E-state index in [0.717, 1.165) is 5.69 Å². The van der Waals surface area contributed by atoms with Crippen molar-refractivity contribution in [2.45, 2.75) is 6.92 Å². The first kappa shape index (κ1) is 7.85. The Hall–Kier alpha value is -1.78. The summed E-state index contributed by atoms with van der Waals surface area (Å²) in [7, 11) is 0. The van der Waals surface area contributed by atoms with E-state index < -0.39 is 0 Å². The summed E-state index contributed by atoms with van der Waals surface area (Å²) in [4.78, 5) is 13.4. The molecule has 0 aliphatic carbocycles. The van der Waals surface area contributed by atoms with Crippen LogP contribution in [0.25, 0.3) is 11.5 Å². The summed E-state index contributed by atoms with van der Waals surface area (Å²) in [5.41, 5.74) is 7.01. The van der Waals surface area contributed by atoms with Crippen LogP contribution in [-0.2, 0) is 0 Å². The van der Waals surface area contributed by atoms with Crippen LogP contribution in [0.2, 0.25) is 0 Å². The van der Waals surface area contributed by atoms with Crippen molar-refractivity contribution in [3.63, 3.8) is 0 Å². The first-order valence-electron chi connectivity index (χ1n) is 4.03. The smallest absolute Gasteiger partial charge is 0.181 e. The van der Waals surface area contributed by atoms with Crippen LogP contribution in [0.1, 0.15) is 6.92 Å². The predicted molar refractivity (Wildman–Crippen MR) is 48.2 cm³/mol. The molecular formula is C8H10N4O. The van der Waals surface area contributed by atoms with Gasteiger partial charge in [-0.15, -0.1) is 0 Å². The highest BCUT2D eigenvalue weighted by Crippen LogP contribution is 2.23. The number of fused-ring (bicyclic) bond motifs is 1. The van der Waals surface area contributed by atoms with Crippen LogP contribution in [-0.4, -0.2) is 21.3 Å². The van der Waals surface area contributed by atoms with Gasteiger partial charge in [-0.25, -0.2) is 9.97 Å². The predicted octanol–water partition coefficient (Wildman–Crippen LogP) is 0.414. The number of hydrogen-bond acceptors (Lipinski definition) is 4. The Morgan fingerprint density at radius 2 is 2.38 bits per heavy atom. The molecule has 0 fully saturated rings. The summed E-state index contributed by atoms with van der Waals surface area (Å²) in [6.07, 6.45) is 4.92. The molecule has 0 radical (unpaired) electrons. The van der Waals surface area contributed by atoms with Gasteiger partial charge in [0, 0.05) is 6.20 Å². The second-order valence-electron chi connectivity index (χ2n) is 2.56. The van der Waals surface area contributed by atoms with Gasteiger partial charge >= 0.3 is 0 Å². The third kappa shape index (κ3) is 1.18. The quantitative estimate of drug-likeness (QED) is 0.723. The molecule has 0 aromatic rings. The monoisotopic (exact) mass is 178 g/mol. The molecule has 0 saturated carbocycles. The van der Waals surface area contributed by atoms with Gasteiger partial charge in [0.1, 0.15) is 12.3 Å². The van der Waals surface area contributed by atoms with Gasteiger partial charge in [0.15, 0.2) is 5.82 Å². The molecule has 2 heterocycles. The van der Waals surface area contributed by atoms with Crippen LogP contribution < -0.4 is 10.6 Å². The molecule has 5 heteroatoms. The maximum absolute atomic E-state index is 5.70. The molecule has 2 aliphatic heterocycles. The highest BCUT2D eigenvalue weighted by molar-refractivity contribution is 5.69. The molecular weight excluding hydrogens is 168 g/mol. The van der Waals surface area contributed by atoms with Gasteiger partial charge in [-0.3, -0.25) is 0 Å². The summed E-state index contributed by atoms with van der Waals surface area (Å²) >= 11 is 0. The Morgan fingerprint density at radius 3 is 3.15 bits per heavy atom. The van der Waals surface area contributed by atoms with E-state index in [1.807, 2.05) is 6.92 Å². The molecule has 0 saturated heterocycles. The third-order valence-electron chi connectivity index (χ3n) is 1.70. The first-order chi connectivity index (χ1) is 6.33. The molecule has 2 N–H and O–H groups in total. The van der Waals surface area contributed by atoms with E-state index in [2.05, 4.69) is 9.97 Å². The van der Waals surface area contributed by atoms with E-state index >= 15 is 0 Å². The van der Waals surface area contributed by atoms with Crippen LogP contribution >= 0.6 is 0 Å². The van der Waals surface area contributed by atoms with Gasteiger partial charge < -0.3 is 10.6 Å². The molecule has 0 unspecified atom stereocenters. The van der Waals surface area contributed by atoms with Crippen LogP contribution in [0, 0.1) is 0 Å². The number of nitrogens with zero attached hydrogens (tertiary/aromatic N) is 3. The lowest BCUT2D eigenvalue weighted by Gasteiger charge is -2.10. The van der Waals surface area contributed by atoms with Crippen molar-refractivity contribution in [2.75, 3.05) is 12.3 Å². The molecule has 68 valence electrons. The Balaban J connectivity index is 2.56. The minimum Gasteiger partial charge on any atom is -0.414 e. The number of nitrogens with two attached hydrogens (primary N) is 1. The molecule has 0 bridgehead atoms. The van der Waals surface area contributed by atoms with Gasteiger partial charge in [0.05, 0.1) is 18.1 Å². The molecule has 0 aromatic heterocycles. The van der Waals surface area contributed by atoms with Crippen molar-refractivity contribution in [1.82, 2.24) is 14.7 Å². The number of nitrogen functional groups attached to an aromatic ring is 1. The zero-order valence-electron chi connectivity index (χ0n) is 7.27. The highest BCUT2D eigenvalue weighted by atomic mass is 16.7. The fraction of sp³-hybridized carbons (Fsp3) is 0.250. The molecule has 0 spiro atoms. The van der Waals surface area contributed by atoms with Crippen molar-refractivity contribution in [3.8, 4) is 11.5 Å². The van der Waals surface area contributed by atoms with Crippen LogP contribution in [0.3, 0.4) is 0 Å². The van der Waals surface area contributed by atoms with E-state index in [1.54, 1.807) is 23.3 Å². The Bertz CT molecular complexity index is 384. The van der Waals surface area contributed by atoms with Gasteiger partial charge in [-0.1, -0.05) is 0 Å². The maximum atomic E-state index is 5.70. The van der Waals surface area contributed by atoms with E-state index in [0.29, 0.717) is 18.1 Å². The fourth-order valence-corrected chi connectivity index (χ4v) is 1.19. The van der Waals surface area contributed by atoms with E-state index in [-0.39, 0.29) is 0 Å². The van der Waals surface area contributed by atoms with Crippen LogP contribution in [0.15, 0.2) is 18.6 Å². The van der Waals surface area contributed by atoms with Crippen molar-refractivity contribution in [3.05, 3.63) is 18.6 Å². The number of hydrogen-bond donors (Lipinski definition) is 1. The number of aromatic nitrogens is 3. The summed E-state index contributed by atoms with van der Waals surface area (Å²) in [6, 6.07) is 0. The van der Waals surface area contributed by atoms with Crippen molar-refractivity contribution in [1.29, 1.82) is 0 Å². The summed E-state index contributed by atoms with van der Waals surface area (Å²) in [6.45, 7) is 2.49. The van der Waals surface area contributed by atoms with Crippen molar-refractivity contribution in [2.24, 2.45) is 0 Å². The average Bonchev–Trinajstić information content (AvgIpc) is 2.50. The molecule has 5 nitrogen and oxygen atoms in total. The standard InChI is InChI=1S/C8H10N4O/c1-2-13-12-4-3-10-8-7(12)6(9)5-11-8/h3-5H,2,9H2,1H3. The SMILES string of the molecule is CCOn1ccnc2ncc(N)c1-2. The molecule has 2 rings (SSSR count). The second kappa shape index (κ2) is 2.93. The fourth-order valence-electron chi connectivity index (χ4n) is 1.19. The Kier molecular flexibility index (Phi) is 1.77. The van der Waals surface area contributed by atoms with Gasteiger partial charge in [0.2, 0.25) is 0 Å². The lowest BCUT2D eigenvalue weighted by Crippen LogP contribution is -2.14. The molecule has 0 atom stereocenters. The lowest BCUT2D eigenvalue weighted by molar-refractivity contribution is 0.124. The minimum absolute atomic E-state index is 0.578. The van der Waals surface area contributed by atoms with Gasteiger partial charge in [-0.2, -0.15) is 4.73 Å². The van der Waals surface area contributed by atoms with Crippen LogP contribution in [0.4, 0.5) is 5.69 Å². The summed E-state index contributed by atoms with van der Waals surface area (Å²) in [5.74, 6) is 0.605. The first-order valence-corrected chi connectivity index (χ1v) is 4.03. The molecule has 0 amide bonds. The Morgan fingerprint density at radius 1 is 1.54 bits per heavy atom.